The standard InChI is InChI=1S/C19H22N2O5/c1-19(2,3)13-6-4-12(5-7-13)17(23)21-11-16(22)20-10-14-8-9-15(26-14)18(24)25/h4-9H,10-11H2,1-3H3,(H,20,22)(H,21,23)(H,24,25). The lowest BCUT2D eigenvalue weighted by molar-refractivity contribution is -0.120. The van der Waals surface area contributed by atoms with Gasteiger partial charge < -0.3 is 20.2 Å². The van der Waals surface area contributed by atoms with E-state index in [1.54, 1.807) is 12.1 Å². The number of carbonyl (C=O) groups excluding carboxylic acids is 2. The lowest BCUT2D eigenvalue weighted by Crippen LogP contribution is -2.36. The third-order valence-corrected chi connectivity index (χ3v) is 3.75. The van der Waals surface area contributed by atoms with Gasteiger partial charge in [0.05, 0.1) is 13.1 Å². The zero-order valence-electron chi connectivity index (χ0n) is 15.0. The van der Waals surface area contributed by atoms with Crippen molar-refractivity contribution in [1.29, 1.82) is 0 Å². The summed E-state index contributed by atoms with van der Waals surface area (Å²) in [5, 5.41) is 13.8. The van der Waals surface area contributed by atoms with Crippen molar-refractivity contribution in [3.05, 3.63) is 59.0 Å². The molecule has 0 aliphatic rings. The van der Waals surface area contributed by atoms with E-state index in [0.717, 1.165) is 5.56 Å². The van der Waals surface area contributed by atoms with Crippen LogP contribution in [0.4, 0.5) is 0 Å². The van der Waals surface area contributed by atoms with Gasteiger partial charge in [0.1, 0.15) is 5.76 Å². The SMILES string of the molecule is CC(C)(C)c1ccc(C(=O)NCC(=O)NCc2ccc(C(=O)O)o2)cc1. The van der Waals surface area contributed by atoms with Crippen LogP contribution in [0.3, 0.4) is 0 Å². The molecule has 0 aliphatic heterocycles. The molecule has 0 unspecified atom stereocenters. The maximum Gasteiger partial charge on any atom is 0.371 e. The second-order valence-electron chi connectivity index (χ2n) is 6.86. The van der Waals surface area contributed by atoms with E-state index >= 15 is 0 Å². The van der Waals surface area contributed by atoms with Gasteiger partial charge in [-0.15, -0.1) is 0 Å². The summed E-state index contributed by atoms with van der Waals surface area (Å²) in [5.41, 5.74) is 1.59. The molecule has 7 nitrogen and oxygen atoms in total. The number of hydrogen-bond acceptors (Lipinski definition) is 4. The third kappa shape index (κ3) is 5.20. The van der Waals surface area contributed by atoms with E-state index in [0.29, 0.717) is 11.3 Å². The lowest BCUT2D eigenvalue weighted by atomic mass is 9.87. The highest BCUT2D eigenvalue weighted by molar-refractivity contribution is 5.96. The summed E-state index contributed by atoms with van der Waals surface area (Å²) in [6.45, 7) is 6.12. The first kappa shape index (κ1) is 19.2. The van der Waals surface area contributed by atoms with Gasteiger partial charge >= 0.3 is 5.97 Å². The fraction of sp³-hybridized carbons (Fsp3) is 0.316. The monoisotopic (exact) mass is 358 g/mol. The van der Waals surface area contributed by atoms with Crippen LogP contribution in [0.25, 0.3) is 0 Å². The van der Waals surface area contributed by atoms with E-state index in [-0.39, 0.29) is 30.2 Å². The van der Waals surface area contributed by atoms with E-state index in [2.05, 4.69) is 31.4 Å². The highest BCUT2D eigenvalue weighted by Gasteiger charge is 2.15. The first-order valence-corrected chi connectivity index (χ1v) is 8.14. The van der Waals surface area contributed by atoms with Gasteiger partial charge in [-0.25, -0.2) is 4.79 Å². The molecule has 0 atom stereocenters. The fourth-order valence-electron chi connectivity index (χ4n) is 2.22. The Morgan fingerprint density at radius 1 is 1.00 bits per heavy atom. The molecule has 2 amide bonds. The zero-order chi connectivity index (χ0) is 19.3. The van der Waals surface area contributed by atoms with Crippen LogP contribution in [0.1, 0.15) is 53.0 Å². The van der Waals surface area contributed by atoms with Crippen LogP contribution in [0, 0.1) is 0 Å². The smallest absolute Gasteiger partial charge is 0.371 e. The summed E-state index contributed by atoms with van der Waals surface area (Å²) in [4.78, 5) is 34.6. The third-order valence-electron chi connectivity index (χ3n) is 3.75. The lowest BCUT2D eigenvalue weighted by Gasteiger charge is -2.19. The van der Waals surface area contributed by atoms with Crippen molar-refractivity contribution in [1.82, 2.24) is 10.6 Å². The number of rotatable bonds is 6. The molecule has 0 bridgehead atoms. The van der Waals surface area contributed by atoms with Crippen LogP contribution in [0.15, 0.2) is 40.8 Å². The molecule has 3 N–H and O–H groups in total. The van der Waals surface area contributed by atoms with Crippen LogP contribution in [0.5, 0.6) is 0 Å². The molecule has 1 aromatic carbocycles. The van der Waals surface area contributed by atoms with Gasteiger partial charge in [0.15, 0.2) is 0 Å². The molecule has 0 fully saturated rings. The van der Waals surface area contributed by atoms with Crippen molar-refractivity contribution in [2.45, 2.75) is 32.7 Å². The molecule has 0 spiro atoms. The summed E-state index contributed by atoms with van der Waals surface area (Å²) < 4.78 is 5.03. The van der Waals surface area contributed by atoms with E-state index in [4.69, 9.17) is 9.52 Å². The normalized spacial score (nSPS) is 11.0. The maximum atomic E-state index is 12.1. The van der Waals surface area contributed by atoms with E-state index in [1.807, 2.05) is 12.1 Å². The van der Waals surface area contributed by atoms with Crippen molar-refractivity contribution >= 4 is 17.8 Å². The van der Waals surface area contributed by atoms with E-state index in [1.165, 1.54) is 12.1 Å². The number of carboxylic acid groups (broad SMARTS) is 1. The predicted molar refractivity (Wildman–Crippen MR) is 95.0 cm³/mol. The molecule has 2 rings (SSSR count). The average Bonchev–Trinajstić information content (AvgIpc) is 3.06. The van der Waals surface area contributed by atoms with Gasteiger partial charge in [-0.05, 0) is 35.2 Å². The molecule has 0 saturated carbocycles. The van der Waals surface area contributed by atoms with Gasteiger partial charge in [-0.2, -0.15) is 0 Å². The first-order valence-electron chi connectivity index (χ1n) is 8.14. The Labute approximate surface area is 151 Å². The summed E-state index contributed by atoms with van der Waals surface area (Å²) in [6, 6.07) is 10.0. The van der Waals surface area contributed by atoms with Crippen molar-refractivity contribution in [3.63, 3.8) is 0 Å². The quantitative estimate of drug-likeness (QED) is 0.734. The molecular weight excluding hydrogens is 336 g/mol. The Kier molecular flexibility index (Phi) is 5.82. The van der Waals surface area contributed by atoms with Gasteiger partial charge in [-0.1, -0.05) is 32.9 Å². The predicted octanol–water partition coefficient (Wildman–Crippen LogP) is 2.32. The van der Waals surface area contributed by atoms with Crippen LogP contribution in [0.2, 0.25) is 0 Å². The number of hydrogen-bond donors (Lipinski definition) is 3. The molecule has 138 valence electrons. The van der Waals surface area contributed by atoms with E-state index < -0.39 is 11.9 Å². The Hall–Kier alpha value is -3.09. The summed E-state index contributed by atoms with van der Waals surface area (Å²) >= 11 is 0. The number of benzene rings is 1. The highest BCUT2D eigenvalue weighted by Crippen LogP contribution is 2.22. The summed E-state index contributed by atoms with van der Waals surface area (Å²) in [6.07, 6.45) is 0. The number of amides is 2. The second kappa shape index (κ2) is 7.86. The number of carbonyl (C=O) groups is 3. The second-order valence-corrected chi connectivity index (χ2v) is 6.86. The molecule has 0 aliphatic carbocycles. The Balaban J connectivity index is 1.80. The van der Waals surface area contributed by atoms with Crippen molar-refractivity contribution in [2.24, 2.45) is 0 Å². The Morgan fingerprint density at radius 2 is 1.65 bits per heavy atom. The van der Waals surface area contributed by atoms with E-state index in [9.17, 15) is 14.4 Å². The highest BCUT2D eigenvalue weighted by atomic mass is 16.4. The molecule has 2 aromatic rings. The van der Waals surface area contributed by atoms with Gasteiger partial charge in [0.25, 0.3) is 5.91 Å². The zero-order valence-corrected chi connectivity index (χ0v) is 15.0. The molecule has 0 saturated heterocycles. The van der Waals surface area contributed by atoms with Crippen LogP contribution >= 0.6 is 0 Å². The van der Waals surface area contributed by atoms with Crippen molar-refractivity contribution in [3.8, 4) is 0 Å². The molecule has 1 aromatic heterocycles. The van der Waals surface area contributed by atoms with Crippen molar-refractivity contribution in [2.75, 3.05) is 6.54 Å². The number of carboxylic acids is 1. The summed E-state index contributed by atoms with van der Waals surface area (Å²) in [5.74, 6) is -1.79. The van der Waals surface area contributed by atoms with Crippen LogP contribution < -0.4 is 10.6 Å². The topological polar surface area (TPSA) is 109 Å². The minimum atomic E-state index is -1.17. The summed E-state index contributed by atoms with van der Waals surface area (Å²) in [7, 11) is 0. The van der Waals surface area contributed by atoms with Gasteiger partial charge in [-0.3, -0.25) is 9.59 Å². The minimum absolute atomic E-state index is 0.00124. The number of furan rings is 1. The van der Waals surface area contributed by atoms with Crippen LogP contribution in [-0.4, -0.2) is 29.4 Å². The average molecular weight is 358 g/mol. The Morgan fingerprint density at radius 3 is 2.19 bits per heavy atom. The fourth-order valence-corrected chi connectivity index (χ4v) is 2.22. The molecule has 1 heterocycles. The molecule has 0 radical (unpaired) electrons. The first-order chi connectivity index (χ1) is 12.2. The molecule has 7 heteroatoms. The number of aromatic carboxylic acids is 1. The largest absolute Gasteiger partial charge is 0.475 e. The maximum absolute atomic E-state index is 12.1. The minimum Gasteiger partial charge on any atom is -0.475 e. The van der Waals surface area contributed by atoms with Gasteiger partial charge in [0, 0.05) is 5.56 Å². The van der Waals surface area contributed by atoms with Gasteiger partial charge in [0.2, 0.25) is 11.7 Å². The Bertz CT molecular complexity index is 800. The molecular formula is C19H22N2O5. The number of nitrogens with one attached hydrogen (secondary N) is 2. The van der Waals surface area contributed by atoms with Crippen molar-refractivity contribution < 1.29 is 23.9 Å². The van der Waals surface area contributed by atoms with Crippen LogP contribution in [-0.2, 0) is 16.8 Å². The molecule has 26 heavy (non-hydrogen) atoms.